The second kappa shape index (κ2) is 4.21. The monoisotopic (exact) mass is 171 g/mol. The van der Waals surface area contributed by atoms with Crippen molar-refractivity contribution in [2.24, 2.45) is 5.73 Å². The molecule has 1 aliphatic heterocycles. The van der Waals surface area contributed by atoms with Gasteiger partial charge in [0, 0.05) is 31.7 Å². The lowest BCUT2D eigenvalue weighted by molar-refractivity contribution is 0.235. The molecule has 1 saturated heterocycles. The van der Waals surface area contributed by atoms with Crippen molar-refractivity contribution < 1.29 is 0 Å². The Balaban J connectivity index is 2.23. The molecule has 1 fully saturated rings. The summed E-state index contributed by atoms with van der Waals surface area (Å²) in [4.78, 5) is 4.70. The third-order valence-electron chi connectivity index (χ3n) is 2.57. The summed E-state index contributed by atoms with van der Waals surface area (Å²) in [7, 11) is 4.22. The van der Waals surface area contributed by atoms with Gasteiger partial charge < -0.3 is 10.6 Å². The van der Waals surface area contributed by atoms with Gasteiger partial charge >= 0.3 is 0 Å². The molecular formula is C9H21N3. The Kier molecular flexibility index (Phi) is 3.50. The SMILES string of the molecule is CC1CC(N)CN1CCN(C)C. The van der Waals surface area contributed by atoms with Crippen molar-refractivity contribution in [3.05, 3.63) is 0 Å². The average Bonchev–Trinajstić information content (AvgIpc) is 2.26. The van der Waals surface area contributed by atoms with E-state index in [1.165, 1.54) is 0 Å². The maximum Gasteiger partial charge on any atom is 0.0182 e. The maximum atomic E-state index is 5.87. The summed E-state index contributed by atoms with van der Waals surface area (Å²) in [5, 5.41) is 0. The quantitative estimate of drug-likeness (QED) is 0.647. The third-order valence-corrected chi connectivity index (χ3v) is 2.57. The number of rotatable bonds is 3. The number of likely N-dealkylation sites (N-methyl/N-ethyl adjacent to an activating group) is 1. The second-order valence-electron chi connectivity index (χ2n) is 4.14. The Morgan fingerprint density at radius 3 is 2.58 bits per heavy atom. The van der Waals surface area contributed by atoms with E-state index in [1.807, 2.05) is 0 Å². The third kappa shape index (κ3) is 2.73. The predicted octanol–water partition coefficient (Wildman–Crippen LogP) is -0.0305. The van der Waals surface area contributed by atoms with Crippen molar-refractivity contribution in [1.82, 2.24) is 9.80 Å². The second-order valence-corrected chi connectivity index (χ2v) is 4.14. The first-order chi connectivity index (χ1) is 5.59. The fraction of sp³-hybridized carbons (Fsp3) is 1.00. The Morgan fingerprint density at radius 2 is 2.17 bits per heavy atom. The molecule has 12 heavy (non-hydrogen) atoms. The van der Waals surface area contributed by atoms with Gasteiger partial charge in [-0.1, -0.05) is 0 Å². The molecule has 0 aromatic rings. The molecule has 2 atom stereocenters. The van der Waals surface area contributed by atoms with Crippen LogP contribution in [0.15, 0.2) is 0 Å². The number of nitrogens with two attached hydrogens (primary N) is 1. The lowest BCUT2D eigenvalue weighted by atomic mass is 10.2. The van der Waals surface area contributed by atoms with E-state index in [0.29, 0.717) is 12.1 Å². The largest absolute Gasteiger partial charge is 0.326 e. The smallest absolute Gasteiger partial charge is 0.0182 e. The fourth-order valence-electron chi connectivity index (χ4n) is 1.78. The van der Waals surface area contributed by atoms with Crippen molar-refractivity contribution in [3.63, 3.8) is 0 Å². The van der Waals surface area contributed by atoms with Crippen LogP contribution in [0.25, 0.3) is 0 Å². The fourth-order valence-corrected chi connectivity index (χ4v) is 1.78. The molecule has 0 bridgehead atoms. The molecule has 1 rings (SSSR count). The number of nitrogens with zero attached hydrogens (tertiary/aromatic N) is 2. The molecule has 72 valence electrons. The highest BCUT2D eigenvalue weighted by molar-refractivity contribution is 4.84. The number of hydrogen-bond donors (Lipinski definition) is 1. The van der Waals surface area contributed by atoms with Crippen LogP contribution in [-0.2, 0) is 0 Å². The van der Waals surface area contributed by atoms with Gasteiger partial charge in [0.05, 0.1) is 0 Å². The molecular weight excluding hydrogens is 150 g/mol. The molecule has 2 N–H and O–H groups in total. The Hall–Kier alpha value is -0.120. The summed E-state index contributed by atoms with van der Waals surface area (Å²) in [6.45, 7) is 5.64. The normalized spacial score (nSPS) is 31.8. The van der Waals surface area contributed by atoms with Gasteiger partial charge in [0.25, 0.3) is 0 Å². The van der Waals surface area contributed by atoms with Crippen LogP contribution in [-0.4, -0.2) is 55.6 Å². The molecule has 1 aliphatic rings. The highest BCUT2D eigenvalue weighted by Gasteiger charge is 2.25. The zero-order valence-electron chi connectivity index (χ0n) is 8.45. The van der Waals surface area contributed by atoms with Gasteiger partial charge in [0.1, 0.15) is 0 Å². The lowest BCUT2D eigenvalue weighted by Crippen LogP contribution is -2.35. The first-order valence-electron chi connectivity index (χ1n) is 4.74. The molecule has 2 unspecified atom stereocenters. The van der Waals surface area contributed by atoms with Crippen molar-refractivity contribution >= 4 is 0 Å². The Labute approximate surface area is 75.5 Å². The summed E-state index contributed by atoms with van der Waals surface area (Å²) in [6.07, 6.45) is 1.16. The van der Waals surface area contributed by atoms with Crippen molar-refractivity contribution in [3.8, 4) is 0 Å². The van der Waals surface area contributed by atoms with Crippen molar-refractivity contribution in [1.29, 1.82) is 0 Å². The lowest BCUT2D eigenvalue weighted by Gasteiger charge is -2.22. The van der Waals surface area contributed by atoms with Crippen LogP contribution >= 0.6 is 0 Å². The van der Waals surface area contributed by atoms with Crippen molar-refractivity contribution in [2.75, 3.05) is 33.7 Å². The van der Waals surface area contributed by atoms with Gasteiger partial charge in [-0.2, -0.15) is 0 Å². The standard InChI is InChI=1S/C9H21N3/c1-8-6-9(10)7-12(8)5-4-11(2)3/h8-9H,4-7,10H2,1-3H3. The van der Waals surface area contributed by atoms with Gasteiger partial charge in [0.2, 0.25) is 0 Å². The van der Waals surface area contributed by atoms with E-state index < -0.39 is 0 Å². The van der Waals surface area contributed by atoms with Gasteiger partial charge in [-0.05, 0) is 27.4 Å². The zero-order chi connectivity index (χ0) is 9.14. The molecule has 0 aromatic heterocycles. The minimum Gasteiger partial charge on any atom is -0.326 e. The summed E-state index contributed by atoms with van der Waals surface area (Å²) in [5.74, 6) is 0. The van der Waals surface area contributed by atoms with Crippen LogP contribution < -0.4 is 5.73 Å². The van der Waals surface area contributed by atoms with E-state index in [9.17, 15) is 0 Å². The Bertz CT molecular complexity index is 136. The molecule has 3 heteroatoms. The summed E-state index contributed by atoms with van der Waals surface area (Å²) in [6, 6.07) is 1.09. The van der Waals surface area contributed by atoms with E-state index in [2.05, 4.69) is 30.8 Å². The minimum absolute atomic E-state index is 0.405. The first-order valence-corrected chi connectivity index (χ1v) is 4.74. The van der Waals surface area contributed by atoms with Gasteiger partial charge in [0.15, 0.2) is 0 Å². The molecule has 0 radical (unpaired) electrons. The molecule has 0 saturated carbocycles. The zero-order valence-corrected chi connectivity index (χ0v) is 8.45. The molecule has 0 aliphatic carbocycles. The summed E-state index contributed by atoms with van der Waals surface area (Å²) in [5.41, 5.74) is 5.87. The van der Waals surface area contributed by atoms with Gasteiger partial charge in [-0.15, -0.1) is 0 Å². The molecule has 1 heterocycles. The maximum absolute atomic E-state index is 5.87. The highest BCUT2D eigenvalue weighted by Crippen LogP contribution is 2.14. The average molecular weight is 171 g/mol. The van der Waals surface area contributed by atoms with Crippen LogP contribution in [0.4, 0.5) is 0 Å². The summed E-state index contributed by atoms with van der Waals surface area (Å²) >= 11 is 0. The molecule has 0 aromatic carbocycles. The van der Waals surface area contributed by atoms with Crippen LogP contribution in [0, 0.1) is 0 Å². The van der Waals surface area contributed by atoms with Crippen LogP contribution in [0.3, 0.4) is 0 Å². The minimum atomic E-state index is 0.405. The molecule has 3 nitrogen and oxygen atoms in total. The highest BCUT2D eigenvalue weighted by atomic mass is 15.2. The number of likely N-dealkylation sites (tertiary alicyclic amines) is 1. The topological polar surface area (TPSA) is 32.5 Å². The molecule has 0 spiro atoms. The van der Waals surface area contributed by atoms with E-state index in [4.69, 9.17) is 5.73 Å². The first kappa shape index (κ1) is 9.96. The van der Waals surface area contributed by atoms with Gasteiger partial charge in [-0.25, -0.2) is 0 Å². The van der Waals surface area contributed by atoms with E-state index in [0.717, 1.165) is 26.1 Å². The van der Waals surface area contributed by atoms with Gasteiger partial charge in [-0.3, -0.25) is 4.90 Å². The van der Waals surface area contributed by atoms with Crippen LogP contribution in [0.2, 0.25) is 0 Å². The predicted molar refractivity (Wildman–Crippen MR) is 52.2 cm³/mol. The van der Waals surface area contributed by atoms with Crippen LogP contribution in [0.1, 0.15) is 13.3 Å². The molecule has 0 amide bonds. The van der Waals surface area contributed by atoms with E-state index in [-0.39, 0.29) is 0 Å². The van der Waals surface area contributed by atoms with E-state index >= 15 is 0 Å². The van der Waals surface area contributed by atoms with Crippen LogP contribution in [0.5, 0.6) is 0 Å². The summed E-state index contributed by atoms with van der Waals surface area (Å²) < 4.78 is 0. The van der Waals surface area contributed by atoms with E-state index in [1.54, 1.807) is 0 Å². The number of hydrogen-bond acceptors (Lipinski definition) is 3. The van der Waals surface area contributed by atoms with Crippen molar-refractivity contribution in [2.45, 2.75) is 25.4 Å². The Morgan fingerprint density at radius 1 is 1.50 bits per heavy atom.